The smallest absolute Gasteiger partial charge is 0.109 e. The maximum atomic E-state index is 4.09. The number of nitrogens with zero attached hydrogens (tertiary/aromatic N) is 3. The Morgan fingerprint density at radius 3 is 3.30 bits per heavy atom. The van der Waals surface area contributed by atoms with E-state index in [1.165, 1.54) is 0 Å². The molecule has 2 aromatic heterocycles. The van der Waals surface area contributed by atoms with Gasteiger partial charge in [0.05, 0.1) is 11.7 Å². The fraction of sp³-hybridized carbons (Fsp3) is 0.143. The lowest BCUT2D eigenvalue weighted by Crippen LogP contribution is -1.88. The molecule has 0 bridgehead atoms. The van der Waals surface area contributed by atoms with Crippen molar-refractivity contribution in [2.75, 3.05) is 0 Å². The first-order valence-corrected chi connectivity index (χ1v) is 3.02. The Morgan fingerprint density at radius 1 is 1.60 bits per heavy atom. The van der Waals surface area contributed by atoms with Crippen molar-refractivity contribution in [3.05, 3.63) is 24.5 Å². The Hall–Kier alpha value is -1.38. The van der Waals surface area contributed by atoms with E-state index >= 15 is 0 Å². The predicted molar refractivity (Wildman–Crippen MR) is 37.3 cm³/mol. The lowest BCUT2D eigenvalue weighted by molar-refractivity contribution is 0.796. The van der Waals surface area contributed by atoms with E-state index in [0.717, 1.165) is 11.0 Å². The first-order chi connectivity index (χ1) is 4.88. The topological polar surface area (TPSA) is 30.7 Å². The molecule has 0 N–H and O–H groups in total. The van der Waals surface area contributed by atoms with Crippen molar-refractivity contribution >= 4 is 11.0 Å². The van der Waals surface area contributed by atoms with Crippen LogP contribution in [0, 0.1) is 6.07 Å². The normalized spacial score (nSPS) is 10.5. The molecule has 0 saturated heterocycles. The van der Waals surface area contributed by atoms with E-state index in [2.05, 4.69) is 16.1 Å². The van der Waals surface area contributed by atoms with Gasteiger partial charge in [-0.25, -0.2) is 0 Å². The number of hydrogen-bond donors (Lipinski definition) is 0. The number of rotatable bonds is 0. The molecule has 3 nitrogen and oxygen atoms in total. The van der Waals surface area contributed by atoms with Crippen LogP contribution in [0.25, 0.3) is 11.0 Å². The van der Waals surface area contributed by atoms with Crippen LogP contribution in [0.4, 0.5) is 0 Å². The van der Waals surface area contributed by atoms with Gasteiger partial charge in [0.2, 0.25) is 0 Å². The Balaban J connectivity index is 2.93. The van der Waals surface area contributed by atoms with Crippen LogP contribution in [0.3, 0.4) is 0 Å². The minimum atomic E-state index is 0.894. The summed E-state index contributed by atoms with van der Waals surface area (Å²) in [6, 6.07) is 4.82. The Morgan fingerprint density at radius 2 is 2.50 bits per heavy atom. The Bertz CT molecular complexity index is 350. The van der Waals surface area contributed by atoms with E-state index in [9.17, 15) is 0 Å². The summed E-state index contributed by atoms with van der Waals surface area (Å²) in [5.74, 6) is 0. The number of hydrogen-bond acceptors (Lipinski definition) is 2. The van der Waals surface area contributed by atoms with Gasteiger partial charge in [-0.1, -0.05) is 0 Å². The molecule has 0 fully saturated rings. The standard InChI is InChI=1S/C7H6N3/c1-10-7-3-2-4-8-6(7)5-9-10/h2,4-5H,1H3. The van der Waals surface area contributed by atoms with Crippen LogP contribution >= 0.6 is 0 Å². The fourth-order valence-corrected chi connectivity index (χ4v) is 0.922. The number of pyridine rings is 1. The lowest BCUT2D eigenvalue weighted by Gasteiger charge is -1.88. The molecule has 0 atom stereocenters. The van der Waals surface area contributed by atoms with Crippen molar-refractivity contribution in [3.8, 4) is 0 Å². The second-order valence-electron chi connectivity index (χ2n) is 2.09. The van der Waals surface area contributed by atoms with Crippen LogP contribution in [0.5, 0.6) is 0 Å². The van der Waals surface area contributed by atoms with Gasteiger partial charge in [-0.15, -0.1) is 0 Å². The van der Waals surface area contributed by atoms with Gasteiger partial charge >= 0.3 is 0 Å². The van der Waals surface area contributed by atoms with Crippen molar-refractivity contribution in [3.63, 3.8) is 0 Å². The molecule has 10 heavy (non-hydrogen) atoms. The third kappa shape index (κ3) is 0.603. The maximum absolute atomic E-state index is 4.09. The molecule has 0 aliphatic heterocycles. The molecule has 3 heteroatoms. The maximum Gasteiger partial charge on any atom is 0.109 e. The van der Waals surface area contributed by atoms with Gasteiger partial charge in [-0.2, -0.15) is 5.10 Å². The van der Waals surface area contributed by atoms with Gasteiger partial charge in [0.25, 0.3) is 0 Å². The van der Waals surface area contributed by atoms with E-state index in [0.29, 0.717) is 0 Å². The van der Waals surface area contributed by atoms with Gasteiger partial charge < -0.3 is 0 Å². The van der Waals surface area contributed by atoms with Gasteiger partial charge in [-0.05, 0) is 6.07 Å². The Kier molecular flexibility index (Phi) is 0.974. The number of aryl methyl sites for hydroxylation is 1. The summed E-state index contributed by atoms with van der Waals surface area (Å²) in [6.45, 7) is 0. The predicted octanol–water partition coefficient (Wildman–Crippen LogP) is 0.768. The quantitative estimate of drug-likeness (QED) is 0.530. The summed E-state index contributed by atoms with van der Waals surface area (Å²) >= 11 is 0. The van der Waals surface area contributed by atoms with Crippen molar-refractivity contribution < 1.29 is 0 Å². The van der Waals surface area contributed by atoms with Crippen LogP contribution in [0.1, 0.15) is 0 Å². The van der Waals surface area contributed by atoms with Crippen molar-refractivity contribution in [2.24, 2.45) is 7.05 Å². The number of aromatic nitrogens is 3. The van der Waals surface area contributed by atoms with E-state index in [4.69, 9.17) is 0 Å². The first-order valence-electron chi connectivity index (χ1n) is 3.02. The molecule has 2 aromatic rings. The lowest BCUT2D eigenvalue weighted by atomic mass is 10.4. The van der Waals surface area contributed by atoms with E-state index in [1.807, 2.05) is 7.05 Å². The highest BCUT2D eigenvalue weighted by atomic mass is 15.3. The summed E-state index contributed by atoms with van der Waals surface area (Å²) in [6.07, 6.45) is 3.44. The van der Waals surface area contributed by atoms with E-state index < -0.39 is 0 Å². The minimum absolute atomic E-state index is 0.894. The molecule has 0 saturated carbocycles. The summed E-state index contributed by atoms with van der Waals surface area (Å²) < 4.78 is 1.75. The monoisotopic (exact) mass is 132 g/mol. The highest BCUT2D eigenvalue weighted by Gasteiger charge is 1.96. The van der Waals surface area contributed by atoms with Gasteiger partial charge in [0.1, 0.15) is 5.52 Å². The third-order valence-electron chi connectivity index (χ3n) is 1.43. The zero-order chi connectivity index (χ0) is 6.97. The first kappa shape index (κ1) is 5.41. The van der Waals surface area contributed by atoms with Crippen LogP contribution in [0.15, 0.2) is 18.5 Å². The highest BCUT2D eigenvalue weighted by molar-refractivity contribution is 5.72. The second kappa shape index (κ2) is 1.80. The summed E-state index contributed by atoms with van der Waals surface area (Å²) in [5.41, 5.74) is 1.84. The average Bonchev–Trinajstić information content (AvgIpc) is 2.34. The summed E-state index contributed by atoms with van der Waals surface area (Å²) in [7, 11) is 1.88. The molecular weight excluding hydrogens is 126 g/mol. The van der Waals surface area contributed by atoms with Crippen molar-refractivity contribution in [2.45, 2.75) is 0 Å². The van der Waals surface area contributed by atoms with Crippen molar-refractivity contribution in [1.29, 1.82) is 0 Å². The summed E-state index contributed by atoms with van der Waals surface area (Å²) in [5, 5.41) is 4.02. The minimum Gasteiger partial charge on any atom is -0.266 e. The molecule has 0 aliphatic rings. The SMILES string of the molecule is Cn1ncc2ncc[c]c21. The second-order valence-corrected chi connectivity index (χ2v) is 2.09. The van der Waals surface area contributed by atoms with Crippen LogP contribution < -0.4 is 0 Å². The van der Waals surface area contributed by atoms with E-state index in [1.54, 1.807) is 23.1 Å². The zero-order valence-electron chi connectivity index (χ0n) is 5.57. The molecule has 0 spiro atoms. The average molecular weight is 132 g/mol. The number of fused-ring (bicyclic) bond motifs is 1. The molecular formula is C7H6N3. The molecule has 49 valence electrons. The van der Waals surface area contributed by atoms with E-state index in [-0.39, 0.29) is 0 Å². The molecule has 1 radical (unpaired) electrons. The highest BCUT2D eigenvalue weighted by Crippen LogP contribution is 2.05. The zero-order valence-corrected chi connectivity index (χ0v) is 5.57. The molecule has 0 aliphatic carbocycles. The van der Waals surface area contributed by atoms with Crippen molar-refractivity contribution in [1.82, 2.24) is 14.8 Å². The molecule has 2 heterocycles. The molecule has 0 unspecified atom stereocenters. The Labute approximate surface area is 58.3 Å². The molecule has 0 aromatic carbocycles. The fourth-order valence-electron chi connectivity index (χ4n) is 0.922. The summed E-state index contributed by atoms with van der Waals surface area (Å²) in [4.78, 5) is 4.09. The van der Waals surface area contributed by atoms with Gasteiger partial charge in [-0.3, -0.25) is 9.67 Å². The largest absolute Gasteiger partial charge is 0.266 e. The van der Waals surface area contributed by atoms with Crippen LogP contribution in [0.2, 0.25) is 0 Å². The molecule has 2 rings (SSSR count). The molecule has 0 amide bonds. The van der Waals surface area contributed by atoms with Crippen LogP contribution in [-0.2, 0) is 7.05 Å². The van der Waals surface area contributed by atoms with Gasteiger partial charge in [0.15, 0.2) is 0 Å². The van der Waals surface area contributed by atoms with Gasteiger partial charge in [0, 0.05) is 19.3 Å². The van der Waals surface area contributed by atoms with Crippen LogP contribution in [-0.4, -0.2) is 14.8 Å². The third-order valence-corrected chi connectivity index (χ3v) is 1.43.